The molecule has 2 amide bonds. The third-order valence-electron chi connectivity index (χ3n) is 4.76. The standard InChI is InChI=1S/C18H25N5O/c1-14(17-21-19-13-22(17)2)20-18(24)23-11-6-9-16(10-12-23)15-7-4-3-5-8-15/h3-5,7-8,13-14,16H,6,9-12H2,1-2H3,(H,20,24). The van der Waals surface area contributed by atoms with E-state index in [9.17, 15) is 4.79 Å². The monoisotopic (exact) mass is 327 g/mol. The number of hydrogen-bond acceptors (Lipinski definition) is 3. The second kappa shape index (κ2) is 7.47. The molecule has 6 nitrogen and oxygen atoms in total. The Labute approximate surface area is 142 Å². The Balaban J connectivity index is 1.57. The molecule has 128 valence electrons. The fourth-order valence-electron chi connectivity index (χ4n) is 3.38. The molecular weight excluding hydrogens is 302 g/mol. The van der Waals surface area contributed by atoms with Crippen LogP contribution in [0.2, 0.25) is 0 Å². The predicted octanol–water partition coefficient (Wildman–Crippen LogP) is 2.86. The molecule has 1 aromatic heterocycles. The molecule has 1 saturated heterocycles. The molecule has 0 saturated carbocycles. The van der Waals surface area contributed by atoms with Crippen molar-refractivity contribution in [2.45, 2.75) is 38.1 Å². The van der Waals surface area contributed by atoms with Gasteiger partial charge in [-0.05, 0) is 37.7 Å². The molecule has 1 aromatic carbocycles. The van der Waals surface area contributed by atoms with E-state index in [4.69, 9.17) is 0 Å². The van der Waals surface area contributed by atoms with Crippen molar-refractivity contribution < 1.29 is 4.79 Å². The van der Waals surface area contributed by atoms with Crippen molar-refractivity contribution in [1.29, 1.82) is 0 Å². The molecule has 1 aliphatic heterocycles. The maximum absolute atomic E-state index is 12.6. The van der Waals surface area contributed by atoms with Gasteiger partial charge in [-0.1, -0.05) is 30.3 Å². The van der Waals surface area contributed by atoms with Crippen molar-refractivity contribution in [2.24, 2.45) is 7.05 Å². The lowest BCUT2D eigenvalue weighted by molar-refractivity contribution is 0.195. The topological polar surface area (TPSA) is 63.1 Å². The van der Waals surface area contributed by atoms with E-state index in [0.29, 0.717) is 5.92 Å². The Kier molecular flexibility index (Phi) is 5.13. The molecule has 1 fully saturated rings. The number of aromatic nitrogens is 3. The maximum atomic E-state index is 12.6. The Morgan fingerprint density at radius 2 is 2.04 bits per heavy atom. The molecule has 6 heteroatoms. The molecule has 1 aliphatic rings. The SMILES string of the molecule is CC(NC(=O)N1CCCC(c2ccccc2)CC1)c1nncn1C. The summed E-state index contributed by atoms with van der Waals surface area (Å²) < 4.78 is 1.83. The second-order valence-electron chi connectivity index (χ2n) is 6.50. The second-order valence-corrected chi connectivity index (χ2v) is 6.50. The minimum atomic E-state index is -0.154. The molecule has 0 spiro atoms. The van der Waals surface area contributed by atoms with Crippen LogP contribution >= 0.6 is 0 Å². The van der Waals surface area contributed by atoms with E-state index in [1.165, 1.54) is 5.56 Å². The van der Waals surface area contributed by atoms with Gasteiger partial charge in [0, 0.05) is 20.1 Å². The summed E-state index contributed by atoms with van der Waals surface area (Å²) in [6.45, 7) is 3.53. The predicted molar refractivity (Wildman–Crippen MR) is 92.6 cm³/mol. The first kappa shape index (κ1) is 16.5. The highest BCUT2D eigenvalue weighted by molar-refractivity contribution is 5.74. The highest BCUT2D eigenvalue weighted by Crippen LogP contribution is 2.27. The van der Waals surface area contributed by atoms with Crippen LogP contribution in [0.15, 0.2) is 36.7 Å². The van der Waals surface area contributed by atoms with Crippen LogP contribution in [0.5, 0.6) is 0 Å². The fraction of sp³-hybridized carbons (Fsp3) is 0.500. The van der Waals surface area contributed by atoms with Crippen molar-refractivity contribution >= 4 is 6.03 Å². The first-order chi connectivity index (χ1) is 11.6. The van der Waals surface area contributed by atoms with Crippen LogP contribution in [-0.4, -0.2) is 38.8 Å². The average Bonchev–Trinajstić information content (AvgIpc) is 2.87. The number of nitrogens with one attached hydrogen (secondary N) is 1. The first-order valence-electron chi connectivity index (χ1n) is 8.59. The molecule has 1 N–H and O–H groups in total. The Morgan fingerprint density at radius 1 is 1.25 bits per heavy atom. The normalized spacial score (nSPS) is 19.6. The molecule has 3 rings (SSSR count). The van der Waals surface area contributed by atoms with Crippen LogP contribution in [0.3, 0.4) is 0 Å². The van der Waals surface area contributed by atoms with Crippen molar-refractivity contribution in [1.82, 2.24) is 25.0 Å². The van der Waals surface area contributed by atoms with Gasteiger partial charge in [-0.25, -0.2) is 4.79 Å². The molecule has 2 aromatic rings. The van der Waals surface area contributed by atoms with Crippen molar-refractivity contribution in [3.8, 4) is 0 Å². The third-order valence-corrected chi connectivity index (χ3v) is 4.76. The van der Waals surface area contributed by atoms with Crippen molar-refractivity contribution in [2.75, 3.05) is 13.1 Å². The van der Waals surface area contributed by atoms with Gasteiger partial charge in [0.15, 0.2) is 5.82 Å². The van der Waals surface area contributed by atoms with Crippen molar-refractivity contribution in [3.05, 3.63) is 48.0 Å². The molecular formula is C18H25N5O. The van der Waals surface area contributed by atoms with Gasteiger partial charge < -0.3 is 14.8 Å². The van der Waals surface area contributed by atoms with Gasteiger partial charge in [-0.2, -0.15) is 0 Å². The van der Waals surface area contributed by atoms with Crippen LogP contribution < -0.4 is 5.32 Å². The lowest BCUT2D eigenvalue weighted by Crippen LogP contribution is -2.42. The number of amides is 2. The molecule has 2 heterocycles. The highest BCUT2D eigenvalue weighted by atomic mass is 16.2. The van der Waals surface area contributed by atoms with Gasteiger partial charge in [0.2, 0.25) is 0 Å². The summed E-state index contributed by atoms with van der Waals surface area (Å²) in [5, 5.41) is 11.0. The summed E-state index contributed by atoms with van der Waals surface area (Å²) >= 11 is 0. The van der Waals surface area contributed by atoms with Gasteiger partial charge in [0.1, 0.15) is 6.33 Å². The first-order valence-corrected chi connectivity index (χ1v) is 8.59. The van der Waals surface area contributed by atoms with Crippen molar-refractivity contribution in [3.63, 3.8) is 0 Å². The largest absolute Gasteiger partial charge is 0.328 e. The summed E-state index contributed by atoms with van der Waals surface area (Å²) in [5.74, 6) is 1.31. The Bertz CT molecular complexity index is 669. The fourth-order valence-corrected chi connectivity index (χ4v) is 3.38. The van der Waals surface area contributed by atoms with Gasteiger partial charge >= 0.3 is 6.03 Å². The summed E-state index contributed by atoms with van der Waals surface area (Å²) in [6.07, 6.45) is 4.82. The zero-order valence-electron chi connectivity index (χ0n) is 14.4. The van der Waals surface area contributed by atoms with Gasteiger partial charge in [0.25, 0.3) is 0 Å². The van der Waals surface area contributed by atoms with E-state index < -0.39 is 0 Å². The number of urea groups is 1. The molecule has 24 heavy (non-hydrogen) atoms. The number of rotatable bonds is 3. The van der Waals surface area contributed by atoms with Gasteiger partial charge in [0.05, 0.1) is 6.04 Å². The van der Waals surface area contributed by atoms with Crippen LogP contribution in [0.25, 0.3) is 0 Å². The van der Waals surface area contributed by atoms with Crippen LogP contribution in [-0.2, 0) is 7.05 Å². The van der Waals surface area contributed by atoms with Crippen LogP contribution in [0.4, 0.5) is 4.79 Å². The lowest BCUT2D eigenvalue weighted by Gasteiger charge is -2.23. The summed E-state index contributed by atoms with van der Waals surface area (Å²) in [6, 6.07) is 10.4. The number of carbonyl (C=O) groups excluding carboxylic acids is 1. The quantitative estimate of drug-likeness (QED) is 0.943. The zero-order chi connectivity index (χ0) is 16.9. The summed E-state index contributed by atoms with van der Waals surface area (Å²) in [7, 11) is 1.88. The van der Waals surface area contributed by atoms with Gasteiger partial charge in [-0.15, -0.1) is 10.2 Å². The summed E-state index contributed by atoms with van der Waals surface area (Å²) in [5.41, 5.74) is 1.38. The van der Waals surface area contributed by atoms with E-state index in [1.807, 2.05) is 29.5 Å². The lowest BCUT2D eigenvalue weighted by atomic mass is 9.92. The Morgan fingerprint density at radius 3 is 2.75 bits per heavy atom. The number of nitrogens with zero attached hydrogens (tertiary/aromatic N) is 4. The molecule has 2 unspecified atom stereocenters. The molecule has 2 atom stereocenters. The zero-order valence-corrected chi connectivity index (χ0v) is 14.4. The smallest absolute Gasteiger partial charge is 0.317 e. The third kappa shape index (κ3) is 3.75. The highest BCUT2D eigenvalue weighted by Gasteiger charge is 2.23. The minimum Gasteiger partial charge on any atom is -0.328 e. The van der Waals surface area contributed by atoms with E-state index in [1.54, 1.807) is 6.33 Å². The number of benzene rings is 1. The van der Waals surface area contributed by atoms with E-state index in [2.05, 4.69) is 39.8 Å². The van der Waals surface area contributed by atoms with E-state index in [-0.39, 0.29) is 12.1 Å². The molecule has 0 bridgehead atoms. The number of aryl methyl sites for hydroxylation is 1. The Hall–Kier alpha value is -2.37. The van der Waals surface area contributed by atoms with Gasteiger partial charge in [-0.3, -0.25) is 0 Å². The molecule has 0 radical (unpaired) electrons. The maximum Gasteiger partial charge on any atom is 0.317 e. The van der Waals surface area contributed by atoms with Crippen LogP contribution in [0, 0.1) is 0 Å². The van der Waals surface area contributed by atoms with E-state index >= 15 is 0 Å². The minimum absolute atomic E-state index is 0.0146. The number of hydrogen-bond donors (Lipinski definition) is 1. The number of likely N-dealkylation sites (tertiary alicyclic amines) is 1. The number of carbonyl (C=O) groups is 1. The van der Waals surface area contributed by atoms with E-state index in [0.717, 1.165) is 38.2 Å². The summed E-state index contributed by atoms with van der Waals surface area (Å²) in [4.78, 5) is 14.5. The van der Waals surface area contributed by atoms with Crippen LogP contribution in [0.1, 0.15) is 49.5 Å². The molecule has 0 aliphatic carbocycles. The average molecular weight is 327 g/mol.